The molecule has 0 spiro atoms. The molecular formula is C16H26N4O4S. The summed E-state index contributed by atoms with van der Waals surface area (Å²) in [6.45, 7) is 0.397. The number of ether oxygens (including phenoxy) is 2. The lowest BCUT2D eigenvalue weighted by Crippen LogP contribution is -2.27. The maximum absolute atomic E-state index is 11.9. The Hall–Kier alpha value is -2.39. The molecule has 0 unspecified atom stereocenters. The van der Waals surface area contributed by atoms with Crippen molar-refractivity contribution in [2.45, 2.75) is 6.54 Å². The zero-order valence-corrected chi connectivity index (χ0v) is 15.8. The van der Waals surface area contributed by atoms with E-state index in [1.165, 1.54) is 26.4 Å². The standard InChI is InChI=1S/C16H26N4O4S/c1-20(2)25(21,22)11-12(9-17)7-16(18)19-10-13-5-6-14(23-3)8-15(13)24-4/h5-9,19H,10-11,17-18H2,1-4H3/b12-9+,16-7+. The number of hydrogen-bond donors (Lipinski definition) is 3. The van der Waals surface area contributed by atoms with E-state index in [-0.39, 0.29) is 5.75 Å². The maximum Gasteiger partial charge on any atom is 0.217 e. The highest BCUT2D eigenvalue weighted by Crippen LogP contribution is 2.24. The highest BCUT2D eigenvalue weighted by molar-refractivity contribution is 7.89. The summed E-state index contributed by atoms with van der Waals surface area (Å²) in [5, 5.41) is 3.00. The number of benzene rings is 1. The molecule has 25 heavy (non-hydrogen) atoms. The van der Waals surface area contributed by atoms with E-state index in [0.29, 0.717) is 29.4 Å². The minimum Gasteiger partial charge on any atom is -0.497 e. The van der Waals surface area contributed by atoms with E-state index >= 15 is 0 Å². The van der Waals surface area contributed by atoms with Crippen LogP contribution in [-0.4, -0.2) is 46.8 Å². The van der Waals surface area contributed by atoms with Crippen LogP contribution in [0, 0.1) is 0 Å². The first-order valence-corrected chi connectivity index (χ1v) is 9.07. The Balaban J connectivity index is 2.81. The Morgan fingerprint density at radius 2 is 1.96 bits per heavy atom. The summed E-state index contributed by atoms with van der Waals surface area (Å²) in [5.41, 5.74) is 12.7. The topological polar surface area (TPSA) is 120 Å². The van der Waals surface area contributed by atoms with Gasteiger partial charge in [-0.15, -0.1) is 0 Å². The molecule has 0 amide bonds. The summed E-state index contributed by atoms with van der Waals surface area (Å²) in [6.07, 6.45) is 2.72. The van der Waals surface area contributed by atoms with Gasteiger partial charge in [0.15, 0.2) is 0 Å². The van der Waals surface area contributed by atoms with Crippen LogP contribution in [0.4, 0.5) is 0 Å². The van der Waals surface area contributed by atoms with E-state index in [0.717, 1.165) is 9.87 Å². The van der Waals surface area contributed by atoms with Gasteiger partial charge in [0.1, 0.15) is 11.5 Å². The van der Waals surface area contributed by atoms with Crippen molar-refractivity contribution in [3.63, 3.8) is 0 Å². The van der Waals surface area contributed by atoms with Crippen molar-refractivity contribution in [2.24, 2.45) is 11.5 Å². The van der Waals surface area contributed by atoms with Gasteiger partial charge in [0, 0.05) is 32.3 Å². The molecule has 0 aliphatic rings. The molecular weight excluding hydrogens is 344 g/mol. The number of nitrogens with one attached hydrogen (secondary N) is 1. The molecule has 0 saturated carbocycles. The predicted octanol–water partition coefficient (Wildman–Crippen LogP) is 0.328. The zero-order chi connectivity index (χ0) is 19.0. The van der Waals surface area contributed by atoms with Crippen LogP contribution in [0.5, 0.6) is 11.5 Å². The van der Waals surface area contributed by atoms with Crippen LogP contribution in [0.2, 0.25) is 0 Å². The summed E-state index contributed by atoms with van der Waals surface area (Å²) in [5.74, 6) is 1.41. The van der Waals surface area contributed by atoms with Crippen molar-refractivity contribution in [2.75, 3.05) is 34.1 Å². The molecule has 0 aliphatic carbocycles. The van der Waals surface area contributed by atoms with Gasteiger partial charge in [-0.05, 0) is 30.0 Å². The van der Waals surface area contributed by atoms with E-state index in [9.17, 15) is 8.42 Å². The molecule has 0 aliphatic heterocycles. The lowest BCUT2D eigenvalue weighted by Gasteiger charge is -2.14. The number of hydrogen-bond acceptors (Lipinski definition) is 7. The number of sulfonamides is 1. The summed E-state index contributed by atoms with van der Waals surface area (Å²) >= 11 is 0. The molecule has 140 valence electrons. The molecule has 0 aromatic heterocycles. The van der Waals surface area contributed by atoms with Crippen LogP contribution in [0.15, 0.2) is 41.9 Å². The maximum atomic E-state index is 11.9. The van der Waals surface area contributed by atoms with Crippen molar-refractivity contribution in [3.8, 4) is 11.5 Å². The Morgan fingerprint density at radius 3 is 2.48 bits per heavy atom. The Morgan fingerprint density at radius 1 is 1.28 bits per heavy atom. The van der Waals surface area contributed by atoms with Gasteiger partial charge in [-0.1, -0.05) is 0 Å². The van der Waals surface area contributed by atoms with Crippen molar-refractivity contribution in [3.05, 3.63) is 47.4 Å². The van der Waals surface area contributed by atoms with Crippen LogP contribution < -0.4 is 26.3 Å². The van der Waals surface area contributed by atoms with E-state index in [1.54, 1.807) is 20.3 Å². The molecule has 0 radical (unpaired) electrons. The highest BCUT2D eigenvalue weighted by atomic mass is 32.2. The molecule has 5 N–H and O–H groups in total. The van der Waals surface area contributed by atoms with Crippen LogP contribution >= 0.6 is 0 Å². The summed E-state index contributed by atoms with van der Waals surface area (Å²) < 4.78 is 35.4. The van der Waals surface area contributed by atoms with E-state index in [1.807, 2.05) is 12.1 Å². The van der Waals surface area contributed by atoms with Crippen LogP contribution in [0.25, 0.3) is 0 Å². The third-order valence-electron chi connectivity index (χ3n) is 3.44. The van der Waals surface area contributed by atoms with Crippen LogP contribution in [0.1, 0.15) is 5.56 Å². The molecule has 1 aromatic carbocycles. The molecule has 0 fully saturated rings. The van der Waals surface area contributed by atoms with Gasteiger partial charge in [0.05, 0.1) is 25.8 Å². The second-order valence-corrected chi connectivity index (χ2v) is 7.59. The van der Waals surface area contributed by atoms with Crippen LogP contribution in [-0.2, 0) is 16.6 Å². The van der Waals surface area contributed by atoms with E-state index in [4.69, 9.17) is 20.9 Å². The first-order valence-electron chi connectivity index (χ1n) is 7.46. The van der Waals surface area contributed by atoms with E-state index in [2.05, 4.69) is 5.32 Å². The lowest BCUT2D eigenvalue weighted by atomic mass is 10.2. The first kappa shape index (κ1) is 20.7. The number of nitrogens with two attached hydrogens (primary N) is 2. The summed E-state index contributed by atoms with van der Waals surface area (Å²) in [7, 11) is 2.66. The van der Waals surface area contributed by atoms with Gasteiger partial charge in [-0.25, -0.2) is 12.7 Å². The monoisotopic (exact) mass is 370 g/mol. The van der Waals surface area contributed by atoms with E-state index < -0.39 is 10.0 Å². The normalized spacial score (nSPS) is 13.0. The molecule has 0 atom stereocenters. The van der Waals surface area contributed by atoms with Gasteiger partial charge in [-0.2, -0.15) is 0 Å². The number of allylic oxidation sites excluding steroid dienone is 1. The number of methoxy groups -OCH3 is 2. The molecule has 8 nitrogen and oxygen atoms in total. The Bertz CT molecular complexity index is 743. The predicted molar refractivity (Wildman–Crippen MR) is 98.4 cm³/mol. The minimum atomic E-state index is -3.42. The average Bonchev–Trinajstić information content (AvgIpc) is 2.58. The van der Waals surface area contributed by atoms with Crippen molar-refractivity contribution < 1.29 is 17.9 Å². The second kappa shape index (κ2) is 9.19. The van der Waals surface area contributed by atoms with Crippen molar-refractivity contribution >= 4 is 10.0 Å². The van der Waals surface area contributed by atoms with Gasteiger partial charge in [-0.3, -0.25) is 0 Å². The Kier molecular flexibility index (Phi) is 7.59. The van der Waals surface area contributed by atoms with Gasteiger partial charge < -0.3 is 26.3 Å². The molecule has 1 rings (SSSR count). The minimum absolute atomic E-state index is 0.231. The van der Waals surface area contributed by atoms with Gasteiger partial charge in [0.25, 0.3) is 0 Å². The second-order valence-electron chi connectivity index (χ2n) is 5.41. The molecule has 0 bridgehead atoms. The fourth-order valence-electron chi connectivity index (χ4n) is 1.92. The molecule has 0 heterocycles. The van der Waals surface area contributed by atoms with Crippen molar-refractivity contribution in [1.29, 1.82) is 0 Å². The number of nitrogens with zero attached hydrogens (tertiary/aromatic N) is 1. The smallest absolute Gasteiger partial charge is 0.217 e. The van der Waals surface area contributed by atoms with Crippen molar-refractivity contribution in [1.82, 2.24) is 9.62 Å². The number of rotatable bonds is 9. The van der Waals surface area contributed by atoms with Gasteiger partial charge in [0.2, 0.25) is 10.0 Å². The largest absolute Gasteiger partial charge is 0.497 e. The molecule has 1 aromatic rings. The first-order chi connectivity index (χ1) is 11.7. The highest BCUT2D eigenvalue weighted by Gasteiger charge is 2.15. The quantitative estimate of drug-likeness (QED) is 0.536. The molecule has 9 heteroatoms. The fourth-order valence-corrected chi connectivity index (χ4v) is 2.78. The van der Waals surface area contributed by atoms with Crippen LogP contribution in [0.3, 0.4) is 0 Å². The fraction of sp³-hybridized carbons (Fsp3) is 0.375. The SMILES string of the molecule is COc1ccc(CN/C(N)=C/C(=C\N)CS(=O)(=O)N(C)C)c(OC)c1. The Labute approximate surface area is 149 Å². The third kappa shape index (κ3) is 6.20. The molecule has 0 saturated heterocycles. The lowest BCUT2D eigenvalue weighted by molar-refractivity contribution is 0.390. The third-order valence-corrected chi connectivity index (χ3v) is 5.25. The van der Waals surface area contributed by atoms with Gasteiger partial charge >= 0.3 is 0 Å². The summed E-state index contributed by atoms with van der Waals surface area (Å²) in [6, 6.07) is 5.44. The summed E-state index contributed by atoms with van der Waals surface area (Å²) in [4.78, 5) is 0. The average molecular weight is 370 g/mol. The zero-order valence-electron chi connectivity index (χ0n) is 14.9.